The van der Waals surface area contributed by atoms with Crippen molar-refractivity contribution in [2.75, 3.05) is 12.9 Å². The van der Waals surface area contributed by atoms with Gasteiger partial charge in [-0.15, -0.1) is 5.92 Å². The minimum atomic E-state index is -1.07. The van der Waals surface area contributed by atoms with Crippen molar-refractivity contribution in [1.29, 1.82) is 0 Å². The number of ether oxygens (including phenoxy) is 1. The van der Waals surface area contributed by atoms with E-state index < -0.39 is 11.7 Å². The molecule has 3 nitrogen and oxygen atoms in total. The molecule has 1 saturated carbocycles. The molecule has 2 rings (SSSR count). The van der Waals surface area contributed by atoms with Gasteiger partial charge in [0.2, 0.25) is 0 Å². The first-order valence-corrected chi connectivity index (χ1v) is 9.93. The Morgan fingerprint density at radius 1 is 1.31 bits per heavy atom. The van der Waals surface area contributed by atoms with E-state index in [1.54, 1.807) is 13.0 Å². The van der Waals surface area contributed by atoms with E-state index in [0.29, 0.717) is 23.7 Å². The molecule has 0 amide bonds. The molecule has 26 heavy (non-hydrogen) atoms. The zero-order valence-corrected chi connectivity index (χ0v) is 16.5. The minimum Gasteiger partial charge on any atom is -0.496 e. The van der Waals surface area contributed by atoms with Crippen molar-refractivity contribution in [3.05, 3.63) is 29.1 Å². The molecular formula is C21H25FO3S. The summed E-state index contributed by atoms with van der Waals surface area (Å²) in [6, 6.07) is 2.85. The Morgan fingerprint density at radius 2 is 1.96 bits per heavy atom. The summed E-state index contributed by atoms with van der Waals surface area (Å²) in [6.07, 6.45) is 1.45. The third kappa shape index (κ3) is 4.67. The van der Waals surface area contributed by atoms with Crippen LogP contribution in [0.15, 0.2) is 12.1 Å². The molecule has 1 atom stereocenters. The lowest BCUT2D eigenvalue weighted by Crippen LogP contribution is -2.33. The molecule has 1 fully saturated rings. The average molecular weight is 376 g/mol. The number of hydrogen-bond acceptors (Lipinski definition) is 4. The van der Waals surface area contributed by atoms with Gasteiger partial charge in [-0.05, 0) is 37.1 Å². The Kier molecular flexibility index (Phi) is 7.28. The first kappa shape index (κ1) is 20.5. The van der Waals surface area contributed by atoms with Crippen LogP contribution in [0.4, 0.5) is 4.39 Å². The fraction of sp³-hybridized carbons (Fsp3) is 0.524. The van der Waals surface area contributed by atoms with Crippen LogP contribution in [0.1, 0.15) is 57.1 Å². The summed E-state index contributed by atoms with van der Waals surface area (Å²) in [5.74, 6) is 4.63. The molecule has 1 aromatic carbocycles. The molecule has 0 N–H and O–H groups in total. The van der Waals surface area contributed by atoms with Crippen LogP contribution in [0.2, 0.25) is 0 Å². The van der Waals surface area contributed by atoms with Crippen molar-refractivity contribution >= 4 is 23.3 Å². The number of rotatable bonds is 6. The molecule has 0 aliphatic heterocycles. The topological polar surface area (TPSA) is 43.4 Å². The first-order valence-electron chi connectivity index (χ1n) is 8.88. The maximum Gasteiger partial charge on any atom is 0.148 e. The van der Waals surface area contributed by atoms with Gasteiger partial charge in [0.25, 0.3) is 0 Å². The highest BCUT2D eigenvalue weighted by molar-refractivity contribution is 7.99. The number of halogens is 1. The second-order valence-electron chi connectivity index (χ2n) is 6.59. The van der Waals surface area contributed by atoms with E-state index in [-0.39, 0.29) is 28.8 Å². The molecule has 0 heterocycles. The first-order chi connectivity index (χ1) is 12.4. The van der Waals surface area contributed by atoms with Crippen molar-refractivity contribution < 1.29 is 18.7 Å². The van der Waals surface area contributed by atoms with Gasteiger partial charge in [-0.25, -0.2) is 4.39 Å². The highest BCUT2D eigenvalue weighted by Gasteiger charge is 2.40. The summed E-state index contributed by atoms with van der Waals surface area (Å²) in [5, 5.41) is 0.403. The summed E-state index contributed by atoms with van der Waals surface area (Å²) < 4.78 is 20.0. The van der Waals surface area contributed by atoms with Gasteiger partial charge >= 0.3 is 0 Å². The van der Waals surface area contributed by atoms with Crippen LogP contribution in [-0.4, -0.2) is 29.7 Å². The Labute approximate surface area is 159 Å². The highest BCUT2D eigenvalue weighted by atomic mass is 32.2. The monoisotopic (exact) mass is 376 g/mol. The fourth-order valence-electron chi connectivity index (χ4n) is 3.63. The number of hydrogen-bond donors (Lipinski definition) is 0. The molecule has 0 aromatic heterocycles. The Bertz CT molecular complexity index is 730. The van der Waals surface area contributed by atoms with E-state index >= 15 is 0 Å². The second kappa shape index (κ2) is 9.23. The van der Waals surface area contributed by atoms with Crippen molar-refractivity contribution in [2.24, 2.45) is 5.92 Å². The van der Waals surface area contributed by atoms with E-state index in [0.717, 1.165) is 12.2 Å². The summed E-state index contributed by atoms with van der Waals surface area (Å²) in [7, 11) is 1.41. The number of Topliss-reactive ketones (excluding diaryl/α,β-unsaturated/α-hetero) is 2. The van der Waals surface area contributed by atoms with Gasteiger partial charge in [0.15, 0.2) is 0 Å². The lowest BCUT2D eigenvalue weighted by Gasteiger charge is -2.29. The van der Waals surface area contributed by atoms with E-state index in [1.807, 2.05) is 11.8 Å². The molecule has 1 aromatic rings. The molecule has 140 valence electrons. The fourth-order valence-corrected chi connectivity index (χ4v) is 4.60. The SMILES string of the molecule is CC#Cc1cc(F)c(C2C(=O)CC(CC(C)SCC)CC2=O)c(OC)c1. The zero-order valence-electron chi connectivity index (χ0n) is 15.7. The predicted octanol–water partition coefficient (Wildman–Crippen LogP) is 4.37. The van der Waals surface area contributed by atoms with Crippen molar-refractivity contribution in [2.45, 2.75) is 51.2 Å². The molecule has 0 saturated heterocycles. The number of ketones is 2. The van der Waals surface area contributed by atoms with Crippen LogP contribution in [0.3, 0.4) is 0 Å². The second-order valence-corrected chi connectivity index (χ2v) is 8.31. The van der Waals surface area contributed by atoms with Gasteiger partial charge in [-0.2, -0.15) is 11.8 Å². The Balaban J connectivity index is 2.28. The summed E-state index contributed by atoms with van der Waals surface area (Å²) in [6.45, 7) is 5.87. The third-order valence-electron chi connectivity index (χ3n) is 4.61. The van der Waals surface area contributed by atoms with Gasteiger partial charge in [-0.3, -0.25) is 9.59 Å². The molecule has 1 unspecified atom stereocenters. The lowest BCUT2D eigenvalue weighted by molar-refractivity contribution is -0.133. The molecule has 0 radical (unpaired) electrons. The van der Waals surface area contributed by atoms with Crippen LogP contribution in [0, 0.1) is 23.6 Å². The Hall–Kier alpha value is -1.80. The Morgan fingerprint density at radius 3 is 2.50 bits per heavy atom. The van der Waals surface area contributed by atoms with Gasteiger partial charge in [0.05, 0.1) is 7.11 Å². The minimum absolute atomic E-state index is 0.0413. The number of benzene rings is 1. The quantitative estimate of drug-likeness (QED) is 0.546. The summed E-state index contributed by atoms with van der Waals surface area (Å²) in [5.41, 5.74) is 0.517. The van der Waals surface area contributed by atoms with Gasteiger partial charge < -0.3 is 4.74 Å². The lowest BCUT2D eigenvalue weighted by atomic mass is 9.75. The number of carbonyl (C=O) groups is 2. The van der Waals surface area contributed by atoms with Crippen LogP contribution < -0.4 is 4.74 Å². The zero-order chi connectivity index (χ0) is 19.3. The molecular weight excluding hydrogens is 351 g/mol. The van der Waals surface area contributed by atoms with Crippen molar-refractivity contribution in [3.8, 4) is 17.6 Å². The van der Waals surface area contributed by atoms with E-state index in [9.17, 15) is 14.0 Å². The third-order valence-corrected chi connectivity index (χ3v) is 5.70. The van der Waals surface area contributed by atoms with Gasteiger partial charge in [0.1, 0.15) is 29.1 Å². The molecule has 1 aliphatic rings. The molecule has 1 aliphatic carbocycles. The van der Waals surface area contributed by atoms with Gasteiger partial charge in [-0.1, -0.05) is 19.8 Å². The van der Waals surface area contributed by atoms with Crippen LogP contribution in [0.25, 0.3) is 0 Å². The summed E-state index contributed by atoms with van der Waals surface area (Å²) in [4.78, 5) is 25.4. The van der Waals surface area contributed by atoms with Crippen LogP contribution in [0.5, 0.6) is 5.75 Å². The van der Waals surface area contributed by atoms with Crippen molar-refractivity contribution in [1.82, 2.24) is 0 Å². The van der Waals surface area contributed by atoms with E-state index in [4.69, 9.17) is 4.74 Å². The van der Waals surface area contributed by atoms with E-state index in [1.165, 1.54) is 13.2 Å². The predicted molar refractivity (Wildman–Crippen MR) is 103 cm³/mol. The number of carbonyl (C=O) groups excluding carboxylic acids is 2. The molecule has 5 heteroatoms. The number of methoxy groups -OCH3 is 1. The maximum absolute atomic E-state index is 14.7. The highest BCUT2D eigenvalue weighted by Crippen LogP contribution is 2.39. The van der Waals surface area contributed by atoms with Crippen LogP contribution >= 0.6 is 11.8 Å². The van der Waals surface area contributed by atoms with Crippen molar-refractivity contribution in [3.63, 3.8) is 0 Å². The number of thioether (sulfide) groups is 1. The van der Waals surface area contributed by atoms with Crippen LogP contribution in [-0.2, 0) is 9.59 Å². The smallest absolute Gasteiger partial charge is 0.148 e. The van der Waals surface area contributed by atoms with Gasteiger partial charge in [0, 0.05) is 29.2 Å². The van der Waals surface area contributed by atoms with E-state index in [2.05, 4.69) is 25.7 Å². The maximum atomic E-state index is 14.7. The summed E-state index contributed by atoms with van der Waals surface area (Å²) >= 11 is 1.82. The molecule has 0 bridgehead atoms. The standard InChI is InChI=1S/C21H25FO3S/c1-5-7-14-9-16(22)20(19(12-14)25-4)21-17(23)10-15(11-18(21)24)8-13(3)26-6-2/h9,12-13,15,21H,6,8,10-11H2,1-4H3. The average Bonchev–Trinajstić information content (AvgIpc) is 2.56. The largest absolute Gasteiger partial charge is 0.496 e. The molecule has 0 spiro atoms. The normalized spacial score (nSPS) is 21.1.